The van der Waals surface area contributed by atoms with Crippen LogP contribution < -0.4 is 4.72 Å². The predicted molar refractivity (Wildman–Crippen MR) is 117 cm³/mol. The molecule has 1 N–H and O–H groups in total. The number of pyridine rings is 1. The molecular weight excluding hydrogens is 493 g/mol. The van der Waals surface area contributed by atoms with Crippen molar-refractivity contribution < 1.29 is 22.2 Å². The van der Waals surface area contributed by atoms with E-state index in [1.807, 2.05) is 6.07 Å². The van der Waals surface area contributed by atoms with E-state index in [2.05, 4.69) is 25.6 Å². The van der Waals surface area contributed by atoms with Crippen molar-refractivity contribution in [3.05, 3.63) is 88.2 Å². The molecule has 0 saturated heterocycles. The molecule has 0 bridgehead atoms. The largest absolute Gasteiger partial charge is 0.416 e. The average molecular weight is 511 g/mol. The van der Waals surface area contributed by atoms with Gasteiger partial charge < -0.3 is 4.72 Å². The van der Waals surface area contributed by atoms with Crippen LogP contribution in [0.15, 0.2) is 76.4 Å². The molecule has 1 atom stereocenters. The Hall–Kier alpha value is -2.52. The first kappa shape index (κ1) is 23.1. The second-order valence-corrected chi connectivity index (χ2v) is 8.78. The van der Waals surface area contributed by atoms with Crippen molar-refractivity contribution in [3.8, 4) is 0 Å². The molecule has 162 valence electrons. The number of aromatic nitrogens is 1. The molecule has 1 aromatic heterocycles. The van der Waals surface area contributed by atoms with Gasteiger partial charge in [-0.15, -0.1) is 0 Å². The van der Waals surface area contributed by atoms with Crippen LogP contribution in [0.3, 0.4) is 0 Å². The maximum absolute atomic E-state index is 13.6. The van der Waals surface area contributed by atoms with Gasteiger partial charge in [-0.25, -0.2) is 4.21 Å². The number of alkyl halides is 3. The van der Waals surface area contributed by atoms with Gasteiger partial charge in [0.1, 0.15) is 5.78 Å². The van der Waals surface area contributed by atoms with Gasteiger partial charge in [0.15, 0.2) is 11.0 Å². The molecule has 1 heterocycles. The first-order valence-electron chi connectivity index (χ1n) is 9.27. The molecule has 0 aliphatic carbocycles. The lowest BCUT2D eigenvalue weighted by molar-refractivity contribution is -0.138. The number of hydrogen-bond acceptors (Lipinski definition) is 3. The maximum atomic E-state index is 13.6. The Kier molecular flexibility index (Phi) is 7.61. The van der Waals surface area contributed by atoms with E-state index >= 15 is 0 Å². The SMILES string of the molecule is O=C(CCc1cccnc1)Cc1ccc(NS(=O)c2ccccc2Br)cc1C(F)(F)F. The number of anilines is 1. The second kappa shape index (κ2) is 10.2. The summed E-state index contributed by atoms with van der Waals surface area (Å²) in [5, 5.41) is 0. The van der Waals surface area contributed by atoms with Crippen molar-refractivity contribution in [2.45, 2.75) is 30.3 Å². The summed E-state index contributed by atoms with van der Waals surface area (Å²) in [7, 11) is -1.76. The summed E-state index contributed by atoms with van der Waals surface area (Å²) in [4.78, 5) is 16.7. The number of halogens is 4. The fraction of sp³-hybridized carbons (Fsp3) is 0.182. The Morgan fingerprint density at radius 1 is 1.10 bits per heavy atom. The lowest BCUT2D eigenvalue weighted by Crippen LogP contribution is -2.14. The summed E-state index contributed by atoms with van der Waals surface area (Å²) in [5.74, 6) is -0.299. The molecule has 0 aliphatic rings. The van der Waals surface area contributed by atoms with Crippen molar-refractivity contribution in [3.63, 3.8) is 0 Å². The highest BCUT2D eigenvalue weighted by Gasteiger charge is 2.34. The van der Waals surface area contributed by atoms with Crippen LogP contribution in [0.4, 0.5) is 18.9 Å². The lowest BCUT2D eigenvalue weighted by atomic mass is 9.98. The minimum absolute atomic E-state index is 0.0490. The Labute approximate surface area is 188 Å². The van der Waals surface area contributed by atoms with Gasteiger partial charge in [0.05, 0.1) is 10.5 Å². The molecule has 3 aromatic rings. The summed E-state index contributed by atoms with van der Waals surface area (Å²) in [6, 6.07) is 13.8. The number of hydrogen-bond donors (Lipinski definition) is 1. The van der Waals surface area contributed by atoms with E-state index in [-0.39, 0.29) is 29.9 Å². The molecule has 0 amide bonds. The van der Waals surface area contributed by atoms with Gasteiger partial charge in [-0.1, -0.05) is 24.3 Å². The first-order chi connectivity index (χ1) is 14.7. The van der Waals surface area contributed by atoms with Crippen LogP contribution in [0.5, 0.6) is 0 Å². The maximum Gasteiger partial charge on any atom is 0.416 e. The van der Waals surface area contributed by atoms with Crippen molar-refractivity contribution in [1.82, 2.24) is 4.98 Å². The summed E-state index contributed by atoms with van der Waals surface area (Å²) >= 11 is 3.27. The van der Waals surface area contributed by atoms with Crippen molar-refractivity contribution in [2.75, 3.05) is 4.72 Å². The monoisotopic (exact) mass is 510 g/mol. The number of nitrogens with zero attached hydrogens (tertiary/aromatic N) is 1. The summed E-state index contributed by atoms with van der Waals surface area (Å²) < 4.78 is 56.5. The normalized spacial score (nSPS) is 12.4. The number of Topliss-reactive ketones (excluding diaryl/α,β-unsaturated/α-hetero) is 1. The fourth-order valence-electron chi connectivity index (χ4n) is 2.95. The molecular formula is C22H18BrF3N2O2S. The highest BCUT2D eigenvalue weighted by molar-refractivity contribution is 9.10. The van der Waals surface area contributed by atoms with E-state index in [0.717, 1.165) is 11.6 Å². The first-order valence-corrected chi connectivity index (χ1v) is 11.2. The predicted octanol–water partition coefficient (Wildman–Crippen LogP) is 5.74. The molecule has 0 spiro atoms. The van der Waals surface area contributed by atoms with Crippen molar-refractivity contribution in [1.29, 1.82) is 0 Å². The van der Waals surface area contributed by atoms with Crippen LogP contribution in [0.2, 0.25) is 0 Å². The highest BCUT2D eigenvalue weighted by atomic mass is 79.9. The van der Waals surface area contributed by atoms with Crippen LogP contribution in [0.1, 0.15) is 23.1 Å². The topological polar surface area (TPSA) is 59.1 Å². The number of carbonyl (C=O) groups is 1. The average Bonchev–Trinajstić information content (AvgIpc) is 2.73. The number of rotatable bonds is 8. The molecule has 0 saturated carbocycles. The summed E-state index contributed by atoms with van der Waals surface area (Å²) in [5.41, 5.74) is -0.133. The molecule has 9 heteroatoms. The van der Waals surface area contributed by atoms with Gasteiger partial charge >= 0.3 is 6.18 Å². The standard InChI is InChI=1S/C22H18BrF3N2O2S/c23-20-5-1-2-6-21(20)31(30)28-17-9-8-16(19(13-17)22(24,25)26)12-18(29)10-7-15-4-3-11-27-14-15/h1-6,8-9,11,13-14,28H,7,10,12H2. The zero-order valence-electron chi connectivity index (χ0n) is 16.2. The second-order valence-electron chi connectivity index (χ2n) is 6.75. The van der Waals surface area contributed by atoms with E-state index in [9.17, 15) is 22.2 Å². The van der Waals surface area contributed by atoms with Crippen LogP contribution >= 0.6 is 15.9 Å². The molecule has 4 nitrogen and oxygen atoms in total. The smallest absolute Gasteiger partial charge is 0.301 e. The van der Waals surface area contributed by atoms with Gasteiger partial charge in [-0.2, -0.15) is 13.2 Å². The quantitative estimate of drug-likeness (QED) is 0.420. The number of aryl methyl sites for hydroxylation is 1. The zero-order valence-corrected chi connectivity index (χ0v) is 18.6. The van der Waals surface area contributed by atoms with Gasteiger partial charge in [-0.3, -0.25) is 9.78 Å². The van der Waals surface area contributed by atoms with E-state index in [1.54, 1.807) is 42.7 Å². The summed E-state index contributed by atoms with van der Waals surface area (Å²) in [6.07, 6.45) is -1.21. The van der Waals surface area contributed by atoms with E-state index in [1.165, 1.54) is 12.1 Å². The molecule has 3 rings (SSSR count). The highest BCUT2D eigenvalue weighted by Crippen LogP contribution is 2.35. The van der Waals surface area contributed by atoms with Crippen molar-refractivity contribution in [2.24, 2.45) is 0 Å². The third-order valence-electron chi connectivity index (χ3n) is 4.47. The minimum Gasteiger partial charge on any atom is -0.301 e. The summed E-state index contributed by atoms with van der Waals surface area (Å²) in [6.45, 7) is 0. The molecule has 31 heavy (non-hydrogen) atoms. The number of benzene rings is 2. The Bertz CT molecular complexity index is 1090. The molecule has 1 unspecified atom stereocenters. The van der Waals surface area contributed by atoms with Gasteiger partial charge in [0.25, 0.3) is 0 Å². The number of ketones is 1. The van der Waals surface area contributed by atoms with E-state index < -0.39 is 22.7 Å². The van der Waals surface area contributed by atoms with Crippen LogP contribution in [0, 0.1) is 0 Å². The molecule has 2 aromatic carbocycles. The third-order valence-corrected chi connectivity index (χ3v) is 6.60. The fourth-order valence-corrected chi connectivity index (χ4v) is 4.57. The molecule has 0 fully saturated rings. The van der Waals surface area contributed by atoms with Gasteiger partial charge in [0, 0.05) is 35.4 Å². The van der Waals surface area contributed by atoms with Gasteiger partial charge in [-0.05, 0) is 63.8 Å². The Morgan fingerprint density at radius 2 is 1.87 bits per heavy atom. The Morgan fingerprint density at radius 3 is 2.55 bits per heavy atom. The number of nitrogens with one attached hydrogen (secondary N) is 1. The van der Waals surface area contributed by atoms with Crippen molar-refractivity contribution >= 4 is 38.4 Å². The van der Waals surface area contributed by atoms with E-state index in [4.69, 9.17) is 0 Å². The third kappa shape index (κ3) is 6.48. The number of carbonyl (C=O) groups excluding carboxylic acids is 1. The minimum atomic E-state index is -4.65. The van der Waals surface area contributed by atoms with Gasteiger partial charge in [0.2, 0.25) is 0 Å². The zero-order chi connectivity index (χ0) is 22.4. The van der Waals surface area contributed by atoms with Crippen LogP contribution in [-0.2, 0) is 34.8 Å². The van der Waals surface area contributed by atoms with Crippen LogP contribution in [0.25, 0.3) is 0 Å². The van der Waals surface area contributed by atoms with E-state index in [0.29, 0.717) is 15.8 Å². The molecule has 0 aliphatic heterocycles. The lowest BCUT2D eigenvalue weighted by Gasteiger charge is -2.15. The van der Waals surface area contributed by atoms with Crippen LogP contribution in [-0.4, -0.2) is 15.0 Å². The molecule has 0 radical (unpaired) electrons. The Balaban J connectivity index is 1.75.